The molecule has 0 bridgehead atoms. The van der Waals surface area contributed by atoms with Crippen LogP contribution in [0.4, 0.5) is 0 Å². The van der Waals surface area contributed by atoms with Crippen molar-refractivity contribution < 1.29 is 4.74 Å². The molecule has 0 N–H and O–H groups in total. The first-order valence-electron chi connectivity index (χ1n) is 4.37. The summed E-state index contributed by atoms with van der Waals surface area (Å²) in [5, 5.41) is 0. The van der Waals surface area contributed by atoms with Crippen LogP contribution in [0.2, 0.25) is 0 Å². The summed E-state index contributed by atoms with van der Waals surface area (Å²) >= 11 is 0. The van der Waals surface area contributed by atoms with E-state index in [2.05, 4.69) is 12.7 Å². The minimum Gasteiger partial charge on any atom is -0.494 e. The highest BCUT2D eigenvalue weighted by atomic mass is 16.5. The van der Waals surface area contributed by atoms with Crippen molar-refractivity contribution in [2.45, 2.75) is 31.8 Å². The highest BCUT2D eigenvalue weighted by Gasteiger charge is 2.32. The van der Waals surface area contributed by atoms with E-state index in [1.54, 1.807) is 0 Å². The van der Waals surface area contributed by atoms with Gasteiger partial charge in [-0.05, 0) is 25.3 Å². The second-order valence-electron chi connectivity index (χ2n) is 3.38. The van der Waals surface area contributed by atoms with Gasteiger partial charge in [-0.1, -0.05) is 6.08 Å². The van der Waals surface area contributed by atoms with Gasteiger partial charge >= 0.3 is 0 Å². The number of ether oxygens (including phenoxy) is 1. The fourth-order valence-corrected chi connectivity index (χ4v) is 2.00. The first kappa shape index (κ1) is 6.96. The van der Waals surface area contributed by atoms with E-state index in [0.29, 0.717) is 6.10 Å². The van der Waals surface area contributed by atoms with Gasteiger partial charge in [0.2, 0.25) is 0 Å². The third-order valence-corrected chi connectivity index (χ3v) is 2.54. The summed E-state index contributed by atoms with van der Waals surface area (Å²) in [6, 6.07) is 0. The molecule has 2 atom stereocenters. The predicted molar refractivity (Wildman–Crippen MR) is 45.1 cm³/mol. The molecule has 1 fully saturated rings. The number of fused-ring (bicyclic) bond motifs is 1. The monoisotopic (exact) mass is 150 g/mol. The van der Waals surface area contributed by atoms with Crippen molar-refractivity contribution in [1.82, 2.24) is 0 Å². The van der Waals surface area contributed by atoms with Gasteiger partial charge in [-0.3, -0.25) is 0 Å². The smallest absolute Gasteiger partial charge is 0.102 e. The first-order valence-corrected chi connectivity index (χ1v) is 4.37. The van der Waals surface area contributed by atoms with E-state index < -0.39 is 0 Å². The average molecular weight is 150 g/mol. The van der Waals surface area contributed by atoms with Crippen molar-refractivity contribution in [3.63, 3.8) is 0 Å². The molecule has 2 unspecified atom stereocenters. The number of hydrogen-bond acceptors (Lipinski definition) is 1. The van der Waals surface area contributed by atoms with Crippen LogP contribution in [-0.4, -0.2) is 6.10 Å². The molecule has 2 rings (SSSR count). The Morgan fingerprint density at radius 2 is 2.64 bits per heavy atom. The minimum absolute atomic E-state index is 0.434. The topological polar surface area (TPSA) is 9.23 Å². The Balaban J connectivity index is 1.98. The lowest BCUT2D eigenvalue weighted by molar-refractivity contribution is 0.163. The predicted octanol–water partition coefficient (Wildman–Crippen LogP) is 2.65. The molecular formula is C10H14O. The molecule has 0 amide bonds. The fraction of sp³-hybridized carbons (Fsp3) is 0.600. The van der Waals surface area contributed by atoms with Gasteiger partial charge < -0.3 is 4.74 Å². The maximum Gasteiger partial charge on any atom is 0.102 e. The first-order chi connectivity index (χ1) is 5.40. The maximum absolute atomic E-state index is 5.72. The molecule has 0 aromatic carbocycles. The molecule has 11 heavy (non-hydrogen) atoms. The Bertz CT molecular complexity index is 193. The van der Waals surface area contributed by atoms with Gasteiger partial charge in [0, 0.05) is 12.3 Å². The van der Waals surface area contributed by atoms with Crippen molar-refractivity contribution in [2.24, 2.45) is 5.92 Å². The highest BCUT2D eigenvalue weighted by Crippen LogP contribution is 2.39. The summed E-state index contributed by atoms with van der Waals surface area (Å²) in [5.74, 6) is 2.01. The van der Waals surface area contributed by atoms with Crippen LogP contribution in [-0.2, 0) is 4.74 Å². The molecule has 1 heterocycles. The van der Waals surface area contributed by atoms with Crippen LogP contribution in [0, 0.1) is 5.92 Å². The Kier molecular flexibility index (Phi) is 1.72. The Morgan fingerprint density at radius 3 is 3.36 bits per heavy atom. The molecule has 0 aromatic rings. The molecule has 1 aliphatic heterocycles. The SMILES string of the molecule is C=CCC1CC2CCC=C2O1. The Labute approximate surface area is 67.7 Å². The fourth-order valence-electron chi connectivity index (χ4n) is 2.00. The zero-order chi connectivity index (χ0) is 7.68. The Morgan fingerprint density at radius 1 is 1.73 bits per heavy atom. The maximum atomic E-state index is 5.72. The van der Waals surface area contributed by atoms with Gasteiger partial charge in [0.1, 0.15) is 6.10 Å². The van der Waals surface area contributed by atoms with Gasteiger partial charge in [0.25, 0.3) is 0 Å². The molecule has 60 valence electrons. The van der Waals surface area contributed by atoms with Crippen molar-refractivity contribution in [1.29, 1.82) is 0 Å². The summed E-state index contributed by atoms with van der Waals surface area (Å²) < 4.78 is 5.72. The largest absolute Gasteiger partial charge is 0.494 e. The molecule has 1 saturated heterocycles. The van der Waals surface area contributed by atoms with Crippen LogP contribution < -0.4 is 0 Å². The van der Waals surface area contributed by atoms with Crippen LogP contribution in [0.5, 0.6) is 0 Å². The van der Waals surface area contributed by atoms with Crippen molar-refractivity contribution in [3.8, 4) is 0 Å². The van der Waals surface area contributed by atoms with Crippen LogP contribution in [0.15, 0.2) is 24.5 Å². The summed E-state index contributed by atoms with van der Waals surface area (Å²) in [7, 11) is 0. The second-order valence-corrected chi connectivity index (χ2v) is 3.38. The van der Waals surface area contributed by atoms with Gasteiger partial charge in [-0.15, -0.1) is 6.58 Å². The standard InChI is InChI=1S/C10H14O/c1-2-4-9-7-8-5-3-6-10(8)11-9/h2,6,8-9H,1,3-5,7H2. The van der Waals surface area contributed by atoms with E-state index in [9.17, 15) is 0 Å². The molecule has 2 aliphatic rings. The van der Waals surface area contributed by atoms with Crippen LogP contribution in [0.25, 0.3) is 0 Å². The van der Waals surface area contributed by atoms with E-state index in [-0.39, 0.29) is 0 Å². The lowest BCUT2D eigenvalue weighted by Crippen LogP contribution is -2.02. The third kappa shape index (κ3) is 1.20. The molecular weight excluding hydrogens is 136 g/mol. The lowest BCUT2D eigenvalue weighted by Gasteiger charge is -2.06. The van der Waals surface area contributed by atoms with Gasteiger partial charge in [-0.2, -0.15) is 0 Å². The van der Waals surface area contributed by atoms with Crippen molar-refractivity contribution in [2.75, 3.05) is 0 Å². The van der Waals surface area contributed by atoms with Crippen LogP contribution >= 0.6 is 0 Å². The Hall–Kier alpha value is -0.720. The van der Waals surface area contributed by atoms with E-state index in [4.69, 9.17) is 4.74 Å². The van der Waals surface area contributed by atoms with Crippen LogP contribution in [0.3, 0.4) is 0 Å². The summed E-state index contributed by atoms with van der Waals surface area (Å²) in [6.07, 6.45) is 9.39. The van der Waals surface area contributed by atoms with Crippen molar-refractivity contribution >= 4 is 0 Å². The van der Waals surface area contributed by atoms with Gasteiger partial charge in [-0.25, -0.2) is 0 Å². The van der Waals surface area contributed by atoms with Crippen molar-refractivity contribution in [3.05, 3.63) is 24.5 Å². The zero-order valence-electron chi connectivity index (χ0n) is 6.75. The normalized spacial score (nSPS) is 34.4. The number of rotatable bonds is 2. The highest BCUT2D eigenvalue weighted by molar-refractivity contribution is 5.10. The van der Waals surface area contributed by atoms with E-state index >= 15 is 0 Å². The molecule has 0 radical (unpaired) electrons. The summed E-state index contributed by atoms with van der Waals surface area (Å²) in [5.41, 5.74) is 0. The van der Waals surface area contributed by atoms with Gasteiger partial charge in [0.15, 0.2) is 0 Å². The molecule has 1 heteroatoms. The van der Waals surface area contributed by atoms with E-state index in [1.165, 1.54) is 25.0 Å². The second kappa shape index (κ2) is 2.72. The number of hydrogen-bond donors (Lipinski definition) is 0. The lowest BCUT2D eigenvalue weighted by atomic mass is 10.0. The van der Waals surface area contributed by atoms with E-state index in [0.717, 1.165) is 12.3 Å². The van der Waals surface area contributed by atoms with Gasteiger partial charge in [0.05, 0.1) is 5.76 Å². The third-order valence-electron chi connectivity index (χ3n) is 2.54. The van der Waals surface area contributed by atoms with Crippen LogP contribution in [0.1, 0.15) is 25.7 Å². The minimum atomic E-state index is 0.434. The number of allylic oxidation sites excluding steroid dienone is 2. The zero-order valence-corrected chi connectivity index (χ0v) is 6.75. The quantitative estimate of drug-likeness (QED) is 0.550. The van der Waals surface area contributed by atoms with E-state index in [1.807, 2.05) is 6.08 Å². The summed E-state index contributed by atoms with van der Waals surface area (Å²) in [6.45, 7) is 3.72. The molecule has 1 nitrogen and oxygen atoms in total. The molecule has 0 aromatic heterocycles. The molecule has 1 aliphatic carbocycles. The average Bonchev–Trinajstić information content (AvgIpc) is 2.46. The molecule has 0 saturated carbocycles. The summed E-state index contributed by atoms with van der Waals surface area (Å²) in [4.78, 5) is 0. The molecule has 0 spiro atoms.